The van der Waals surface area contributed by atoms with Gasteiger partial charge in [0.2, 0.25) is 0 Å². The highest BCUT2D eigenvalue weighted by atomic mass is 35.5. The number of hydrogen-bond donors (Lipinski definition) is 1. The smallest absolute Gasteiger partial charge is 0.306 e. The number of halogens is 1. The van der Waals surface area contributed by atoms with Gasteiger partial charge in [-0.3, -0.25) is 24.1 Å². The molecule has 0 atom stereocenters. The van der Waals surface area contributed by atoms with Gasteiger partial charge in [0.05, 0.1) is 21.8 Å². The topological polar surface area (TPSA) is 92.8 Å². The van der Waals surface area contributed by atoms with Crippen molar-refractivity contribution in [1.29, 1.82) is 0 Å². The van der Waals surface area contributed by atoms with Crippen LogP contribution < -0.4 is 5.32 Å². The van der Waals surface area contributed by atoms with Crippen LogP contribution in [0, 0.1) is 0 Å². The van der Waals surface area contributed by atoms with Crippen LogP contribution in [0.2, 0.25) is 5.02 Å². The number of para-hydroxylation sites is 1. The number of hydrogen-bond acceptors (Lipinski definition) is 5. The van der Waals surface area contributed by atoms with Crippen molar-refractivity contribution in [3.05, 3.63) is 64.7 Å². The van der Waals surface area contributed by atoms with Crippen molar-refractivity contribution in [2.24, 2.45) is 0 Å². The average Bonchev–Trinajstić information content (AvgIpc) is 2.98. The van der Waals surface area contributed by atoms with E-state index < -0.39 is 11.9 Å². The van der Waals surface area contributed by atoms with Crippen LogP contribution in [0.3, 0.4) is 0 Å². The van der Waals surface area contributed by atoms with E-state index in [1.54, 1.807) is 48.5 Å². The van der Waals surface area contributed by atoms with Gasteiger partial charge in [0.25, 0.3) is 17.7 Å². The molecule has 0 radical (unpaired) electrons. The zero-order chi connectivity index (χ0) is 21.5. The van der Waals surface area contributed by atoms with E-state index >= 15 is 0 Å². The number of carbonyl (C=O) groups excluding carboxylic acids is 4. The highest BCUT2D eigenvalue weighted by Gasteiger charge is 2.34. The molecule has 3 rings (SSSR count). The van der Waals surface area contributed by atoms with Crippen LogP contribution >= 0.6 is 11.6 Å². The molecule has 7 nitrogen and oxygen atoms in total. The van der Waals surface area contributed by atoms with Gasteiger partial charge in [0.1, 0.15) is 0 Å². The van der Waals surface area contributed by atoms with E-state index in [1.807, 2.05) is 0 Å². The summed E-state index contributed by atoms with van der Waals surface area (Å²) in [7, 11) is 0. The number of rotatable bonds is 9. The molecule has 0 spiro atoms. The van der Waals surface area contributed by atoms with Crippen molar-refractivity contribution in [3.8, 4) is 0 Å². The van der Waals surface area contributed by atoms with Crippen molar-refractivity contribution in [2.75, 3.05) is 18.5 Å². The Kier molecular flexibility index (Phi) is 7.19. The number of imide groups is 1. The summed E-state index contributed by atoms with van der Waals surface area (Å²) in [6.07, 6.45) is 1.93. The molecule has 3 amide bonds. The Labute approximate surface area is 179 Å². The van der Waals surface area contributed by atoms with Gasteiger partial charge in [-0.05, 0) is 37.1 Å². The summed E-state index contributed by atoms with van der Waals surface area (Å²) < 4.78 is 4.96. The minimum atomic E-state index is -0.481. The number of nitrogens with one attached hydrogen (secondary N) is 1. The molecule has 30 heavy (non-hydrogen) atoms. The minimum Gasteiger partial charge on any atom is -0.456 e. The third-order valence-electron chi connectivity index (χ3n) is 4.65. The Balaban J connectivity index is 1.31. The highest BCUT2D eigenvalue weighted by molar-refractivity contribution is 6.33. The quantitative estimate of drug-likeness (QED) is 0.373. The fraction of sp³-hybridized carbons (Fsp3) is 0.273. The fourth-order valence-corrected chi connectivity index (χ4v) is 3.31. The number of nitrogens with zero attached hydrogens (tertiary/aromatic N) is 1. The summed E-state index contributed by atoms with van der Waals surface area (Å²) in [5.41, 5.74) is 1.32. The summed E-state index contributed by atoms with van der Waals surface area (Å²) in [6.45, 7) is -0.0826. The molecule has 0 aliphatic carbocycles. The lowest BCUT2D eigenvalue weighted by atomic mass is 10.1. The normalized spacial score (nSPS) is 12.6. The predicted molar refractivity (Wildman–Crippen MR) is 111 cm³/mol. The molecule has 0 saturated carbocycles. The molecule has 0 aromatic heterocycles. The number of ether oxygens (including phenoxy) is 1. The molecule has 0 fully saturated rings. The molecule has 156 valence electrons. The van der Waals surface area contributed by atoms with Crippen molar-refractivity contribution >= 4 is 41.0 Å². The average molecular weight is 429 g/mol. The number of carbonyl (C=O) groups is 4. The monoisotopic (exact) mass is 428 g/mol. The van der Waals surface area contributed by atoms with Crippen LogP contribution in [0.15, 0.2) is 48.5 Å². The van der Waals surface area contributed by atoms with E-state index in [9.17, 15) is 19.2 Å². The van der Waals surface area contributed by atoms with Gasteiger partial charge in [0, 0.05) is 13.0 Å². The van der Waals surface area contributed by atoms with Crippen LogP contribution in [0.4, 0.5) is 5.69 Å². The zero-order valence-electron chi connectivity index (χ0n) is 16.2. The van der Waals surface area contributed by atoms with Crippen molar-refractivity contribution < 1.29 is 23.9 Å². The zero-order valence-corrected chi connectivity index (χ0v) is 17.0. The van der Waals surface area contributed by atoms with Gasteiger partial charge in [-0.15, -0.1) is 0 Å². The van der Waals surface area contributed by atoms with Gasteiger partial charge < -0.3 is 10.1 Å². The molecule has 0 saturated heterocycles. The summed E-state index contributed by atoms with van der Waals surface area (Å²) >= 11 is 5.95. The van der Waals surface area contributed by atoms with E-state index in [-0.39, 0.29) is 24.8 Å². The molecule has 0 bridgehead atoms. The van der Waals surface area contributed by atoms with E-state index in [4.69, 9.17) is 16.3 Å². The van der Waals surface area contributed by atoms with E-state index in [0.717, 1.165) is 0 Å². The Morgan fingerprint density at radius 3 is 2.20 bits per heavy atom. The first-order valence-electron chi connectivity index (χ1n) is 9.62. The summed E-state index contributed by atoms with van der Waals surface area (Å²) in [6, 6.07) is 13.5. The Morgan fingerprint density at radius 1 is 0.900 bits per heavy atom. The number of fused-ring (bicyclic) bond motifs is 1. The predicted octanol–water partition coefficient (Wildman–Crippen LogP) is 3.68. The van der Waals surface area contributed by atoms with E-state index in [2.05, 4.69) is 5.32 Å². The summed E-state index contributed by atoms with van der Waals surface area (Å²) in [5, 5.41) is 2.97. The molecule has 1 aliphatic heterocycles. The third kappa shape index (κ3) is 5.24. The van der Waals surface area contributed by atoms with Crippen LogP contribution in [0.5, 0.6) is 0 Å². The molecule has 8 heteroatoms. The first-order valence-corrected chi connectivity index (χ1v) is 10.0. The molecule has 1 N–H and O–H groups in total. The fourth-order valence-electron chi connectivity index (χ4n) is 3.13. The van der Waals surface area contributed by atoms with E-state index in [0.29, 0.717) is 47.6 Å². The number of anilines is 1. The Hall–Kier alpha value is -3.19. The molecule has 0 unspecified atom stereocenters. The standard InChI is InChI=1S/C22H21ClN2O5/c23-17-10-5-6-11-18(17)24-19(26)14-30-20(27)12-2-1-7-13-25-21(28)15-8-3-4-9-16(15)22(25)29/h3-6,8-11H,1-2,7,12-14H2,(H,24,26). The number of amides is 3. The maximum atomic E-state index is 12.3. The van der Waals surface area contributed by atoms with Gasteiger partial charge in [-0.1, -0.05) is 42.3 Å². The maximum Gasteiger partial charge on any atom is 0.306 e. The largest absolute Gasteiger partial charge is 0.456 e. The van der Waals surface area contributed by atoms with Gasteiger partial charge in [0.15, 0.2) is 6.61 Å². The van der Waals surface area contributed by atoms with Crippen LogP contribution in [-0.4, -0.2) is 41.7 Å². The van der Waals surface area contributed by atoms with Crippen molar-refractivity contribution in [2.45, 2.75) is 25.7 Å². The Morgan fingerprint density at radius 2 is 1.53 bits per heavy atom. The third-order valence-corrected chi connectivity index (χ3v) is 4.98. The van der Waals surface area contributed by atoms with Crippen LogP contribution in [0.1, 0.15) is 46.4 Å². The molecular formula is C22H21ClN2O5. The van der Waals surface area contributed by atoms with Crippen LogP contribution in [-0.2, 0) is 14.3 Å². The second-order valence-corrected chi connectivity index (χ2v) is 7.21. The first kappa shape index (κ1) is 21.5. The second-order valence-electron chi connectivity index (χ2n) is 6.81. The second kappa shape index (κ2) is 10.0. The van der Waals surface area contributed by atoms with Crippen molar-refractivity contribution in [1.82, 2.24) is 4.90 Å². The highest BCUT2D eigenvalue weighted by Crippen LogP contribution is 2.23. The number of esters is 1. The lowest BCUT2D eigenvalue weighted by Crippen LogP contribution is -2.30. The SMILES string of the molecule is O=C(COC(=O)CCCCCN1C(=O)c2ccccc2C1=O)Nc1ccccc1Cl. The van der Waals surface area contributed by atoms with Crippen LogP contribution in [0.25, 0.3) is 0 Å². The minimum absolute atomic E-state index is 0.154. The molecule has 2 aromatic carbocycles. The number of unbranched alkanes of at least 4 members (excludes halogenated alkanes) is 2. The van der Waals surface area contributed by atoms with E-state index in [1.165, 1.54) is 4.90 Å². The van der Waals surface area contributed by atoms with Gasteiger partial charge in [-0.25, -0.2) is 0 Å². The summed E-state index contributed by atoms with van der Waals surface area (Å²) in [4.78, 5) is 49.4. The van der Waals surface area contributed by atoms with Gasteiger partial charge >= 0.3 is 5.97 Å². The molecule has 1 aliphatic rings. The molecular weight excluding hydrogens is 408 g/mol. The molecule has 1 heterocycles. The lowest BCUT2D eigenvalue weighted by Gasteiger charge is -2.13. The van der Waals surface area contributed by atoms with Crippen molar-refractivity contribution in [3.63, 3.8) is 0 Å². The first-order chi connectivity index (χ1) is 14.5. The lowest BCUT2D eigenvalue weighted by molar-refractivity contribution is -0.147. The maximum absolute atomic E-state index is 12.3. The molecule has 2 aromatic rings. The number of benzene rings is 2. The van der Waals surface area contributed by atoms with Gasteiger partial charge in [-0.2, -0.15) is 0 Å². The summed E-state index contributed by atoms with van der Waals surface area (Å²) in [5.74, 6) is -1.51. The Bertz CT molecular complexity index is 941.